The Kier molecular flexibility index (Phi) is 2.05. The standard InChI is InChI=1S/C18H30N2/c1-19(2)7-13-11-5-6-12(14(13)8-19)18-16-10-20(3,4)9-15(16)17(11)18/h5-6,11-18H,7-10H2,1-4H3/q+2. The summed E-state index contributed by atoms with van der Waals surface area (Å²) in [5.41, 5.74) is 0. The monoisotopic (exact) mass is 274 g/mol. The summed E-state index contributed by atoms with van der Waals surface area (Å²) in [4.78, 5) is 0. The van der Waals surface area contributed by atoms with E-state index in [9.17, 15) is 0 Å². The van der Waals surface area contributed by atoms with E-state index in [0.29, 0.717) is 0 Å². The first-order valence-corrected chi connectivity index (χ1v) is 8.69. The first-order valence-electron chi connectivity index (χ1n) is 8.69. The highest BCUT2D eigenvalue weighted by Gasteiger charge is 2.70. The van der Waals surface area contributed by atoms with Gasteiger partial charge in [0.15, 0.2) is 0 Å². The van der Waals surface area contributed by atoms with Gasteiger partial charge in [0.2, 0.25) is 0 Å². The van der Waals surface area contributed by atoms with Crippen LogP contribution in [-0.4, -0.2) is 63.3 Å². The molecule has 0 N–H and O–H groups in total. The third kappa shape index (κ3) is 1.33. The zero-order chi connectivity index (χ0) is 13.9. The van der Waals surface area contributed by atoms with Gasteiger partial charge in [-0.2, -0.15) is 0 Å². The molecule has 0 radical (unpaired) electrons. The van der Waals surface area contributed by atoms with Gasteiger partial charge in [-0.05, 0) is 23.7 Å². The smallest absolute Gasteiger partial charge is 0.0822 e. The minimum atomic E-state index is 0.939. The van der Waals surface area contributed by atoms with Crippen molar-refractivity contribution in [3.05, 3.63) is 12.2 Å². The van der Waals surface area contributed by atoms with Crippen molar-refractivity contribution in [2.45, 2.75) is 0 Å². The van der Waals surface area contributed by atoms with Gasteiger partial charge in [-0.3, -0.25) is 0 Å². The van der Waals surface area contributed by atoms with Gasteiger partial charge >= 0.3 is 0 Å². The Morgan fingerprint density at radius 2 is 0.950 bits per heavy atom. The number of hydrogen-bond donors (Lipinski definition) is 0. The molecule has 4 aliphatic carbocycles. The van der Waals surface area contributed by atoms with Gasteiger partial charge in [-0.25, -0.2) is 0 Å². The third-order valence-electron chi connectivity index (χ3n) is 7.79. The lowest BCUT2D eigenvalue weighted by Crippen LogP contribution is -2.61. The quantitative estimate of drug-likeness (QED) is 0.466. The predicted molar refractivity (Wildman–Crippen MR) is 80.7 cm³/mol. The highest BCUT2D eigenvalue weighted by Crippen LogP contribution is 2.67. The van der Waals surface area contributed by atoms with E-state index in [2.05, 4.69) is 40.3 Å². The summed E-state index contributed by atoms with van der Waals surface area (Å²) in [6.45, 7) is 5.79. The number of rotatable bonds is 0. The van der Waals surface area contributed by atoms with Crippen molar-refractivity contribution >= 4 is 0 Å². The van der Waals surface area contributed by atoms with Crippen molar-refractivity contribution in [3.63, 3.8) is 0 Å². The van der Waals surface area contributed by atoms with Crippen molar-refractivity contribution in [1.82, 2.24) is 0 Å². The van der Waals surface area contributed by atoms with Crippen LogP contribution in [-0.2, 0) is 0 Å². The molecule has 2 heterocycles. The number of hydrogen-bond acceptors (Lipinski definition) is 0. The summed E-state index contributed by atoms with van der Waals surface area (Å²) in [6.07, 6.45) is 5.32. The van der Waals surface area contributed by atoms with Crippen LogP contribution in [0.2, 0.25) is 0 Å². The first kappa shape index (κ1) is 12.2. The molecule has 0 aromatic carbocycles. The van der Waals surface area contributed by atoms with Gasteiger partial charge in [0, 0.05) is 23.7 Å². The van der Waals surface area contributed by atoms with Gasteiger partial charge in [0.25, 0.3) is 0 Å². The summed E-state index contributed by atoms with van der Waals surface area (Å²) in [6, 6.07) is 0. The minimum absolute atomic E-state index is 0.939. The van der Waals surface area contributed by atoms with E-state index in [4.69, 9.17) is 0 Å². The Morgan fingerprint density at radius 1 is 0.600 bits per heavy atom. The third-order valence-corrected chi connectivity index (χ3v) is 7.79. The molecule has 8 atom stereocenters. The fourth-order valence-corrected chi connectivity index (χ4v) is 7.48. The normalized spacial score (nSPS) is 59.8. The molecular weight excluding hydrogens is 244 g/mol. The number of likely N-dealkylation sites (tertiary alicyclic amines) is 2. The lowest BCUT2D eigenvalue weighted by atomic mass is 9.40. The van der Waals surface area contributed by atoms with Crippen LogP contribution in [0.4, 0.5) is 0 Å². The molecule has 2 aliphatic heterocycles. The lowest BCUT2D eigenvalue weighted by Gasteiger charge is -2.61. The zero-order valence-electron chi connectivity index (χ0n) is 13.5. The number of quaternary nitrogens is 2. The molecule has 0 amide bonds. The minimum Gasteiger partial charge on any atom is -0.328 e. The second-order valence-corrected chi connectivity index (χ2v) is 9.95. The Balaban J connectivity index is 1.51. The van der Waals surface area contributed by atoms with Crippen LogP contribution in [0.1, 0.15) is 0 Å². The van der Waals surface area contributed by atoms with Crippen LogP contribution >= 0.6 is 0 Å². The maximum atomic E-state index is 2.66. The Labute approximate surface area is 123 Å². The fourth-order valence-electron chi connectivity index (χ4n) is 7.48. The number of nitrogens with zero attached hydrogens (tertiary/aromatic N) is 2. The van der Waals surface area contributed by atoms with E-state index in [1.807, 2.05) is 0 Å². The molecule has 2 bridgehead atoms. The average molecular weight is 274 g/mol. The highest BCUT2D eigenvalue weighted by atomic mass is 15.3. The molecule has 6 aliphatic rings. The largest absolute Gasteiger partial charge is 0.328 e. The van der Waals surface area contributed by atoms with Gasteiger partial charge in [-0.1, -0.05) is 12.2 Å². The van der Waals surface area contributed by atoms with Crippen molar-refractivity contribution in [3.8, 4) is 0 Å². The number of fused-ring (bicyclic) bond motifs is 1. The summed E-state index contributed by atoms with van der Waals surface area (Å²) >= 11 is 0. The Morgan fingerprint density at radius 3 is 1.35 bits per heavy atom. The van der Waals surface area contributed by atoms with Crippen LogP contribution in [0.3, 0.4) is 0 Å². The van der Waals surface area contributed by atoms with E-state index < -0.39 is 0 Å². The second-order valence-electron chi connectivity index (χ2n) is 9.95. The summed E-state index contributed by atoms with van der Waals surface area (Å²) in [7, 11) is 9.84. The van der Waals surface area contributed by atoms with Crippen LogP contribution in [0.15, 0.2) is 12.2 Å². The van der Waals surface area contributed by atoms with Crippen LogP contribution in [0, 0.1) is 47.3 Å². The molecular formula is C18H30N2+2. The van der Waals surface area contributed by atoms with E-state index in [-0.39, 0.29) is 0 Å². The van der Waals surface area contributed by atoms with E-state index in [0.717, 1.165) is 47.3 Å². The molecule has 20 heavy (non-hydrogen) atoms. The highest BCUT2D eigenvalue weighted by molar-refractivity contribution is 5.23. The summed E-state index contributed by atoms with van der Waals surface area (Å²) < 4.78 is 2.57. The predicted octanol–water partition coefficient (Wildman–Crippen LogP) is 1.69. The van der Waals surface area contributed by atoms with Crippen molar-refractivity contribution in [1.29, 1.82) is 0 Å². The Bertz CT molecular complexity index is 452. The van der Waals surface area contributed by atoms with E-state index in [1.54, 1.807) is 0 Å². The molecule has 110 valence electrons. The SMILES string of the molecule is C[N+]1(C)CC2C3C=CC(C2C1)C1C2C[N+](C)(C)CC2C31. The van der Waals surface area contributed by atoms with Crippen molar-refractivity contribution < 1.29 is 8.97 Å². The van der Waals surface area contributed by atoms with Crippen molar-refractivity contribution in [2.75, 3.05) is 54.4 Å². The topological polar surface area (TPSA) is 0 Å². The zero-order valence-corrected chi connectivity index (χ0v) is 13.5. The number of allylic oxidation sites excluding steroid dienone is 2. The van der Waals surface area contributed by atoms with Gasteiger partial charge in [-0.15, -0.1) is 0 Å². The molecule has 0 spiro atoms. The van der Waals surface area contributed by atoms with Gasteiger partial charge in [0.1, 0.15) is 0 Å². The second kappa shape index (κ2) is 3.35. The summed E-state index contributed by atoms with van der Waals surface area (Å²) in [5, 5.41) is 0. The van der Waals surface area contributed by atoms with Gasteiger partial charge < -0.3 is 8.97 Å². The lowest BCUT2D eigenvalue weighted by molar-refractivity contribution is -0.881. The van der Waals surface area contributed by atoms with Crippen LogP contribution < -0.4 is 0 Å². The molecule has 6 rings (SSSR count). The molecule has 4 fully saturated rings. The fraction of sp³-hybridized carbons (Fsp3) is 0.889. The molecule has 8 unspecified atom stereocenters. The summed E-state index contributed by atoms with van der Waals surface area (Å²) in [5.74, 6) is 8.15. The average Bonchev–Trinajstić information content (AvgIpc) is 2.81. The molecule has 0 aromatic rings. The molecule has 2 nitrogen and oxygen atoms in total. The van der Waals surface area contributed by atoms with E-state index in [1.165, 1.54) is 35.1 Å². The van der Waals surface area contributed by atoms with Crippen molar-refractivity contribution in [2.24, 2.45) is 47.3 Å². The maximum absolute atomic E-state index is 2.66. The molecule has 0 aromatic heterocycles. The molecule has 2 saturated heterocycles. The Hall–Kier alpha value is -0.340. The van der Waals surface area contributed by atoms with Crippen LogP contribution in [0.25, 0.3) is 0 Å². The van der Waals surface area contributed by atoms with E-state index >= 15 is 0 Å². The van der Waals surface area contributed by atoms with Gasteiger partial charge in [0.05, 0.1) is 54.4 Å². The van der Waals surface area contributed by atoms with Crippen LogP contribution in [0.5, 0.6) is 0 Å². The first-order chi connectivity index (χ1) is 9.36. The molecule has 2 saturated carbocycles. The maximum Gasteiger partial charge on any atom is 0.0822 e. The molecule has 2 heteroatoms.